The van der Waals surface area contributed by atoms with Crippen molar-refractivity contribution in [3.05, 3.63) is 79.0 Å². The Kier molecular flexibility index (Phi) is 5.14. The highest BCUT2D eigenvalue weighted by molar-refractivity contribution is 6.16. The molecule has 2 aromatic heterocycles. The van der Waals surface area contributed by atoms with Gasteiger partial charge >= 0.3 is 0 Å². The summed E-state index contributed by atoms with van der Waals surface area (Å²) in [4.78, 5) is 38.0. The number of carbonyl (C=O) groups excluding carboxylic acids is 2. The molecule has 33 heavy (non-hydrogen) atoms. The molecule has 0 saturated heterocycles. The van der Waals surface area contributed by atoms with Crippen LogP contribution in [0.4, 0.5) is 15.8 Å². The summed E-state index contributed by atoms with van der Waals surface area (Å²) in [6.45, 7) is 0. The molecule has 8 nitrogen and oxygen atoms in total. The first kappa shape index (κ1) is 20.5. The number of ether oxygens (including phenoxy) is 1. The number of halogens is 1. The second-order valence-electron chi connectivity index (χ2n) is 7.67. The van der Waals surface area contributed by atoms with Crippen LogP contribution in [-0.4, -0.2) is 26.8 Å². The first-order chi connectivity index (χ1) is 16.0. The molecule has 0 unspecified atom stereocenters. The van der Waals surface area contributed by atoms with Crippen LogP contribution in [0.2, 0.25) is 0 Å². The average Bonchev–Trinajstić information content (AvgIpc) is 3.65. The molecular formula is C24H18FN5O3. The highest BCUT2D eigenvalue weighted by Crippen LogP contribution is 2.47. The number of anilines is 2. The minimum atomic E-state index is -1.13. The van der Waals surface area contributed by atoms with E-state index in [1.165, 1.54) is 30.6 Å². The van der Waals surface area contributed by atoms with Crippen molar-refractivity contribution in [2.45, 2.75) is 12.8 Å². The van der Waals surface area contributed by atoms with Gasteiger partial charge in [0, 0.05) is 17.6 Å². The van der Waals surface area contributed by atoms with Gasteiger partial charge in [-0.1, -0.05) is 0 Å². The minimum absolute atomic E-state index is 0.326. The molecule has 0 atom stereocenters. The van der Waals surface area contributed by atoms with Crippen LogP contribution in [0.1, 0.15) is 12.8 Å². The van der Waals surface area contributed by atoms with Crippen molar-refractivity contribution in [1.82, 2.24) is 15.0 Å². The van der Waals surface area contributed by atoms with Crippen molar-refractivity contribution in [2.75, 3.05) is 10.6 Å². The first-order valence-electron chi connectivity index (χ1n) is 10.3. The van der Waals surface area contributed by atoms with Crippen molar-refractivity contribution in [3.63, 3.8) is 0 Å². The third-order valence-corrected chi connectivity index (χ3v) is 5.41. The summed E-state index contributed by atoms with van der Waals surface area (Å²) >= 11 is 0. The van der Waals surface area contributed by atoms with Crippen LogP contribution in [0.25, 0.3) is 11.0 Å². The van der Waals surface area contributed by atoms with Gasteiger partial charge in [-0.2, -0.15) is 4.98 Å². The maximum absolute atomic E-state index is 13.1. The Morgan fingerprint density at radius 1 is 0.848 bits per heavy atom. The van der Waals surface area contributed by atoms with Gasteiger partial charge in [-0.25, -0.2) is 14.4 Å². The maximum Gasteiger partial charge on any atom is 0.249 e. The van der Waals surface area contributed by atoms with Crippen LogP contribution in [0.3, 0.4) is 0 Å². The lowest BCUT2D eigenvalue weighted by Crippen LogP contribution is -2.35. The standard InChI is InChI=1S/C24H18FN5O3/c25-15-3-5-16(6-4-15)29-22(31)24(11-12-24)23(32)30-17-7-9-18(10-8-17)33-21-20-19(27-14-28-21)2-1-13-26-20/h1-10,13-14H,11-12H2,(H,29,31)(H,30,32). The molecule has 1 aliphatic carbocycles. The number of nitrogens with one attached hydrogen (secondary N) is 2. The Labute approximate surface area is 187 Å². The lowest BCUT2D eigenvalue weighted by Gasteiger charge is -2.16. The molecule has 1 fully saturated rings. The van der Waals surface area contributed by atoms with Crippen molar-refractivity contribution in [2.24, 2.45) is 5.41 Å². The van der Waals surface area contributed by atoms with Gasteiger partial charge in [0.15, 0.2) is 5.52 Å². The summed E-state index contributed by atoms with van der Waals surface area (Å²) in [5.41, 5.74) is 1.04. The number of pyridine rings is 1. The van der Waals surface area contributed by atoms with Crippen LogP contribution in [0.5, 0.6) is 11.6 Å². The second kappa shape index (κ2) is 8.27. The molecule has 2 aromatic carbocycles. The lowest BCUT2D eigenvalue weighted by atomic mass is 10.0. The summed E-state index contributed by atoms with van der Waals surface area (Å²) in [5.74, 6) is -0.361. The van der Waals surface area contributed by atoms with Crippen LogP contribution >= 0.6 is 0 Å². The van der Waals surface area contributed by atoms with Gasteiger partial charge in [0.25, 0.3) is 0 Å². The van der Waals surface area contributed by atoms with Gasteiger partial charge in [-0.15, -0.1) is 0 Å². The number of hydrogen-bond donors (Lipinski definition) is 2. The SMILES string of the molecule is O=C(Nc1ccc(F)cc1)C1(C(=O)Nc2ccc(Oc3ncnc4cccnc34)cc2)CC1. The molecule has 0 aliphatic heterocycles. The van der Waals surface area contributed by atoms with Crippen LogP contribution in [-0.2, 0) is 9.59 Å². The maximum atomic E-state index is 13.1. The fourth-order valence-electron chi connectivity index (χ4n) is 3.38. The van der Waals surface area contributed by atoms with E-state index in [4.69, 9.17) is 4.74 Å². The molecule has 4 aromatic rings. The van der Waals surface area contributed by atoms with E-state index in [0.29, 0.717) is 46.9 Å². The molecule has 0 bridgehead atoms. The number of rotatable bonds is 6. The van der Waals surface area contributed by atoms with E-state index in [9.17, 15) is 14.0 Å². The van der Waals surface area contributed by atoms with Gasteiger partial charge in [-0.05, 0) is 73.5 Å². The third kappa shape index (κ3) is 4.20. The summed E-state index contributed by atoms with van der Waals surface area (Å²) in [6.07, 6.45) is 3.93. The number of aromatic nitrogens is 3. The quantitative estimate of drug-likeness (QED) is 0.430. The molecule has 1 saturated carbocycles. The van der Waals surface area contributed by atoms with E-state index in [0.717, 1.165) is 0 Å². The Morgan fingerprint density at radius 3 is 2.12 bits per heavy atom. The van der Waals surface area contributed by atoms with Crippen LogP contribution < -0.4 is 15.4 Å². The molecule has 2 amide bonds. The Bertz CT molecular complexity index is 1330. The monoisotopic (exact) mass is 443 g/mol. The summed E-state index contributed by atoms with van der Waals surface area (Å²) in [7, 11) is 0. The zero-order valence-electron chi connectivity index (χ0n) is 17.3. The first-order valence-corrected chi connectivity index (χ1v) is 10.3. The van der Waals surface area contributed by atoms with Gasteiger partial charge in [0.1, 0.15) is 23.3 Å². The van der Waals surface area contributed by atoms with E-state index in [2.05, 4.69) is 25.6 Å². The molecule has 2 N–H and O–H groups in total. The minimum Gasteiger partial charge on any atom is -0.437 e. The van der Waals surface area contributed by atoms with E-state index in [1.54, 1.807) is 36.5 Å². The van der Waals surface area contributed by atoms with E-state index in [1.807, 2.05) is 6.07 Å². The molecule has 1 aliphatic rings. The fraction of sp³-hybridized carbons (Fsp3) is 0.125. The van der Waals surface area contributed by atoms with Gasteiger partial charge < -0.3 is 15.4 Å². The normalized spacial score (nSPS) is 13.8. The van der Waals surface area contributed by atoms with Crippen molar-refractivity contribution >= 4 is 34.2 Å². The molecule has 9 heteroatoms. The van der Waals surface area contributed by atoms with Crippen LogP contribution in [0.15, 0.2) is 73.2 Å². The molecule has 5 rings (SSSR count). The highest BCUT2D eigenvalue weighted by Gasteiger charge is 2.56. The highest BCUT2D eigenvalue weighted by atomic mass is 19.1. The largest absolute Gasteiger partial charge is 0.437 e. The summed E-state index contributed by atoms with van der Waals surface area (Å²) in [5, 5.41) is 5.47. The molecule has 0 radical (unpaired) electrons. The average molecular weight is 443 g/mol. The van der Waals surface area contributed by atoms with Gasteiger partial charge in [0.05, 0.1) is 5.52 Å². The lowest BCUT2D eigenvalue weighted by molar-refractivity contribution is -0.131. The van der Waals surface area contributed by atoms with Gasteiger partial charge in [0.2, 0.25) is 17.7 Å². The fourth-order valence-corrected chi connectivity index (χ4v) is 3.38. The topological polar surface area (TPSA) is 106 Å². The zero-order chi connectivity index (χ0) is 22.8. The van der Waals surface area contributed by atoms with E-state index >= 15 is 0 Å². The number of nitrogens with zero attached hydrogens (tertiary/aromatic N) is 3. The third-order valence-electron chi connectivity index (χ3n) is 5.41. The smallest absolute Gasteiger partial charge is 0.249 e. The molecule has 2 heterocycles. The Hall–Kier alpha value is -4.40. The van der Waals surface area contributed by atoms with Crippen molar-refractivity contribution < 1.29 is 18.7 Å². The summed E-state index contributed by atoms with van der Waals surface area (Å²) < 4.78 is 18.9. The zero-order valence-corrected chi connectivity index (χ0v) is 17.3. The van der Waals surface area contributed by atoms with E-state index < -0.39 is 17.1 Å². The predicted octanol–water partition coefficient (Wildman–Crippen LogP) is 4.31. The Balaban J connectivity index is 1.25. The second-order valence-corrected chi connectivity index (χ2v) is 7.67. The Morgan fingerprint density at radius 2 is 1.48 bits per heavy atom. The number of hydrogen-bond acceptors (Lipinski definition) is 6. The molecule has 164 valence electrons. The predicted molar refractivity (Wildman–Crippen MR) is 119 cm³/mol. The van der Waals surface area contributed by atoms with E-state index in [-0.39, 0.29) is 5.91 Å². The number of amides is 2. The van der Waals surface area contributed by atoms with Gasteiger partial charge in [-0.3, -0.25) is 9.59 Å². The van der Waals surface area contributed by atoms with Crippen LogP contribution in [0, 0.1) is 11.2 Å². The number of carbonyl (C=O) groups is 2. The summed E-state index contributed by atoms with van der Waals surface area (Å²) in [6, 6.07) is 15.7. The van der Waals surface area contributed by atoms with Crippen molar-refractivity contribution in [1.29, 1.82) is 0 Å². The number of benzene rings is 2. The van der Waals surface area contributed by atoms with Crippen molar-refractivity contribution in [3.8, 4) is 11.6 Å². The molecule has 0 spiro atoms. The number of fused-ring (bicyclic) bond motifs is 1. The molecular weight excluding hydrogens is 425 g/mol.